The average Bonchev–Trinajstić information content (AvgIpc) is 3.10. The second-order valence-corrected chi connectivity index (χ2v) is 9.48. The lowest BCUT2D eigenvalue weighted by molar-refractivity contribution is -0.147. The Morgan fingerprint density at radius 3 is 2.42 bits per heavy atom. The summed E-state index contributed by atoms with van der Waals surface area (Å²) in [5.41, 5.74) is 0. The maximum absolute atomic E-state index is 12.5. The first kappa shape index (κ1) is 29.8. The number of ether oxygens (including phenoxy) is 3. The van der Waals surface area contributed by atoms with Crippen molar-refractivity contribution in [2.75, 3.05) is 39.6 Å². The number of carbonyl (C=O) groups excluding carboxylic acids is 2. The molecule has 0 aliphatic heterocycles. The third-order valence-corrected chi connectivity index (χ3v) is 6.38. The molecule has 6 nitrogen and oxygen atoms in total. The SMILES string of the molecule is CCCCCCCOCCOCC[C@@H]1C(C/C=C\CCCOC(=O)C(C)C)C(=O)C[C@H]1CO. The summed E-state index contributed by atoms with van der Waals surface area (Å²) < 4.78 is 16.5. The highest BCUT2D eigenvalue weighted by Crippen LogP contribution is 2.38. The zero-order valence-corrected chi connectivity index (χ0v) is 21.3. The van der Waals surface area contributed by atoms with E-state index >= 15 is 0 Å². The van der Waals surface area contributed by atoms with Crippen LogP contribution in [-0.2, 0) is 23.8 Å². The Bertz CT molecular complexity index is 545. The highest BCUT2D eigenvalue weighted by Gasteiger charge is 2.40. The minimum Gasteiger partial charge on any atom is -0.465 e. The van der Waals surface area contributed by atoms with Crippen LogP contribution in [0.15, 0.2) is 12.2 Å². The molecule has 1 N–H and O–H groups in total. The molecule has 0 aromatic rings. The number of esters is 1. The molecule has 6 heteroatoms. The molecule has 33 heavy (non-hydrogen) atoms. The lowest BCUT2D eigenvalue weighted by atomic mass is 9.85. The molecule has 0 bridgehead atoms. The van der Waals surface area contributed by atoms with Crippen LogP contribution in [0.4, 0.5) is 0 Å². The number of hydrogen-bond donors (Lipinski definition) is 1. The van der Waals surface area contributed by atoms with E-state index in [0.29, 0.717) is 39.3 Å². The number of ketones is 1. The lowest BCUT2D eigenvalue weighted by Crippen LogP contribution is -2.21. The normalized spacial score (nSPS) is 20.9. The largest absolute Gasteiger partial charge is 0.465 e. The van der Waals surface area contributed by atoms with Gasteiger partial charge in [0.1, 0.15) is 5.78 Å². The van der Waals surface area contributed by atoms with E-state index in [4.69, 9.17) is 14.2 Å². The van der Waals surface area contributed by atoms with Crippen molar-refractivity contribution in [3.8, 4) is 0 Å². The van der Waals surface area contributed by atoms with Crippen molar-refractivity contribution in [2.24, 2.45) is 23.7 Å². The summed E-state index contributed by atoms with van der Waals surface area (Å²) >= 11 is 0. The van der Waals surface area contributed by atoms with Crippen molar-refractivity contribution >= 4 is 11.8 Å². The Labute approximate surface area is 201 Å². The van der Waals surface area contributed by atoms with E-state index in [9.17, 15) is 14.7 Å². The Hall–Kier alpha value is -1.24. The highest BCUT2D eigenvalue weighted by atomic mass is 16.5. The van der Waals surface area contributed by atoms with Gasteiger partial charge >= 0.3 is 5.97 Å². The van der Waals surface area contributed by atoms with Crippen molar-refractivity contribution in [1.82, 2.24) is 0 Å². The van der Waals surface area contributed by atoms with Crippen molar-refractivity contribution in [3.05, 3.63) is 12.2 Å². The fourth-order valence-corrected chi connectivity index (χ4v) is 4.32. The predicted octanol–water partition coefficient (Wildman–Crippen LogP) is 5.12. The Morgan fingerprint density at radius 1 is 1.00 bits per heavy atom. The summed E-state index contributed by atoms with van der Waals surface area (Å²) in [4.78, 5) is 23.9. The first-order valence-corrected chi connectivity index (χ1v) is 13.1. The van der Waals surface area contributed by atoms with E-state index in [0.717, 1.165) is 32.3 Å². The number of rotatable bonds is 20. The van der Waals surface area contributed by atoms with Crippen LogP contribution in [0.25, 0.3) is 0 Å². The van der Waals surface area contributed by atoms with Gasteiger partial charge < -0.3 is 19.3 Å². The zero-order chi connectivity index (χ0) is 24.3. The maximum atomic E-state index is 12.5. The van der Waals surface area contributed by atoms with Crippen LogP contribution in [0.5, 0.6) is 0 Å². The smallest absolute Gasteiger partial charge is 0.308 e. The molecule has 1 rings (SSSR count). The summed E-state index contributed by atoms with van der Waals surface area (Å²) in [5.74, 6) is 0.154. The molecular weight excluding hydrogens is 420 g/mol. The van der Waals surface area contributed by atoms with Crippen LogP contribution < -0.4 is 0 Å². The second kappa shape index (κ2) is 19.1. The second-order valence-electron chi connectivity index (χ2n) is 9.48. The number of carbonyl (C=O) groups is 2. The van der Waals surface area contributed by atoms with Gasteiger partial charge in [0.15, 0.2) is 0 Å². The quantitative estimate of drug-likeness (QED) is 0.152. The van der Waals surface area contributed by atoms with Gasteiger partial charge in [-0.25, -0.2) is 0 Å². The molecule has 3 atom stereocenters. The van der Waals surface area contributed by atoms with Gasteiger partial charge in [0.05, 0.1) is 25.7 Å². The number of aliphatic hydroxyl groups excluding tert-OH is 1. The zero-order valence-electron chi connectivity index (χ0n) is 21.3. The third kappa shape index (κ3) is 13.3. The summed E-state index contributed by atoms with van der Waals surface area (Å²) in [6, 6.07) is 0. The van der Waals surface area contributed by atoms with Crippen LogP contribution in [0.1, 0.15) is 85.0 Å². The fraction of sp³-hybridized carbons (Fsp3) is 0.852. The van der Waals surface area contributed by atoms with Gasteiger partial charge in [0.25, 0.3) is 0 Å². The molecule has 0 aromatic heterocycles. The summed E-state index contributed by atoms with van der Waals surface area (Å²) in [5, 5.41) is 9.73. The molecule has 0 heterocycles. The van der Waals surface area contributed by atoms with Crippen molar-refractivity contribution in [3.63, 3.8) is 0 Å². The van der Waals surface area contributed by atoms with Crippen molar-refractivity contribution in [1.29, 1.82) is 0 Å². The molecule has 1 fully saturated rings. The van der Waals surface area contributed by atoms with Crippen LogP contribution in [0.2, 0.25) is 0 Å². The molecule has 1 aliphatic rings. The van der Waals surface area contributed by atoms with Gasteiger partial charge in [-0.1, -0.05) is 58.6 Å². The number of aliphatic hydroxyl groups is 1. The molecule has 0 spiro atoms. The number of unbranched alkanes of at least 4 members (excludes halogenated alkanes) is 5. The Morgan fingerprint density at radius 2 is 1.73 bits per heavy atom. The van der Waals surface area contributed by atoms with Crippen molar-refractivity contribution < 1.29 is 28.9 Å². The molecule has 0 amide bonds. The molecule has 1 unspecified atom stereocenters. The standard InChI is InChI=1S/C27H48O6/c1-4-5-6-8-11-15-31-18-19-32-17-14-24-23(21-28)20-26(29)25(24)13-10-7-9-12-16-33-27(30)22(2)3/h7,10,22-25,28H,4-6,8-9,11-21H2,1-3H3/b10-7-/t23-,24-,25?/m0/s1. The molecule has 0 aromatic carbocycles. The molecule has 192 valence electrons. The minimum absolute atomic E-state index is 0.0364. The first-order chi connectivity index (χ1) is 16.0. The third-order valence-electron chi connectivity index (χ3n) is 6.38. The minimum atomic E-state index is -0.162. The first-order valence-electron chi connectivity index (χ1n) is 13.1. The van der Waals surface area contributed by atoms with E-state index in [1.807, 2.05) is 13.8 Å². The van der Waals surface area contributed by atoms with E-state index in [-0.39, 0.29) is 42.0 Å². The predicted molar refractivity (Wildman–Crippen MR) is 131 cm³/mol. The van der Waals surface area contributed by atoms with Gasteiger partial charge in [-0.2, -0.15) is 0 Å². The summed E-state index contributed by atoms with van der Waals surface area (Å²) in [6.45, 7) is 8.93. The van der Waals surface area contributed by atoms with Gasteiger partial charge in [-0.05, 0) is 43.9 Å². The van der Waals surface area contributed by atoms with Crippen LogP contribution in [0, 0.1) is 23.7 Å². The summed E-state index contributed by atoms with van der Waals surface area (Å²) in [6.07, 6.45) is 13.9. The summed E-state index contributed by atoms with van der Waals surface area (Å²) in [7, 11) is 0. The molecule has 1 saturated carbocycles. The van der Waals surface area contributed by atoms with Gasteiger partial charge in [-0.15, -0.1) is 0 Å². The average molecular weight is 469 g/mol. The van der Waals surface area contributed by atoms with E-state index in [1.54, 1.807) is 0 Å². The molecule has 1 aliphatic carbocycles. The van der Waals surface area contributed by atoms with Gasteiger partial charge in [0.2, 0.25) is 0 Å². The molecule has 0 saturated heterocycles. The van der Waals surface area contributed by atoms with E-state index in [2.05, 4.69) is 19.1 Å². The monoisotopic (exact) mass is 468 g/mol. The highest BCUT2D eigenvalue weighted by molar-refractivity contribution is 5.84. The number of hydrogen-bond acceptors (Lipinski definition) is 6. The van der Waals surface area contributed by atoms with E-state index in [1.165, 1.54) is 25.7 Å². The number of allylic oxidation sites excluding steroid dienone is 2. The van der Waals surface area contributed by atoms with Crippen molar-refractivity contribution in [2.45, 2.75) is 85.0 Å². The van der Waals surface area contributed by atoms with Crippen LogP contribution in [-0.4, -0.2) is 56.5 Å². The molecular formula is C27H48O6. The van der Waals surface area contributed by atoms with Gasteiger partial charge in [0, 0.05) is 32.2 Å². The molecule has 0 radical (unpaired) electrons. The van der Waals surface area contributed by atoms with Crippen LogP contribution in [0.3, 0.4) is 0 Å². The Kier molecular flexibility index (Phi) is 17.2. The maximum Gasteiger partial charge on any atom is 0.308 e. The van der Waals surface area contributed by atoms with Gasteiger partial charge in [-0.3, -0.25) is 9.59 Å². The number of Topliss-reactive ketones (excluding diaryl/α,β-unsaturated/α-hetero) is 1. The Balaban J connectivity index is 2.21. The fourth-order valence-electron chi connectivity index (χ4n) is 4.32. The lowest BCUT2D eigenvalue weighted by Gasteiger charge is -2.22. The van der Waals surface area contributed by atoms with Crippen LogP contribution >= 0.6 is 0 Å². The van der Waals surface area contributed by atoms with E-state index < -0.39 is 0 Å². The topological polar surface area (TPSA) is 82.1 Å².